The molecule has 3 heterocycles. The highest BCUT2D eigenvalue weighted by Crippen LogP contribution is 2.18. The van der Waals surface area contributed by atoms with Crippen LogP contribution in [0, 0.1) is 5.92 Å². The third kappa shape index (κ3) is 5.95. The quantitative estimate of drug-likeness (QED) is 0.200. The molecule has 0 spiro atoms. The number of nitrogens with one attached hydrogen (secondary N) is 1. The van der Waals surface area contributed by atoms with Crippen LogP contribution in [0.25, 0.3) is 0 Å². The summed E-state index contributed by atoms with van der Waals surface area (Å²) in [5, 5.41) is 7.83. The van der Waals surface area contributed by atoms with Crippen molar-refractivity contribution in [2.75, 3.05) is 33.3 Å². The van der Waals surface area contributed by atoms with Crippen molar-refractivity contribution in [1.82, 2.24) is 24.6 Å². The topological polar surface area (TPSA) is 93.8 Å². The van der Waals surface area contributed by atoms with Crippen molar-refractivity contribution >= 4 is 35.9 Å². The summed E-state index contributed by atoms with van der Waals surface area (Å²) in [6, 6.07) is 0. The van der Waals surface area contributed by atoms with E-state index in [4.69, 9.17) is 4.74 Å². The number of ether oxygens (including phenoxy) is 1. The lowest BCUT2D eigenvalue weighted by Crippen LogP contribution is -2.48. The minimum atomic E-state index is -0.120. The molecule has 1 saturated heterocycles. The van der Waals surface area contributed by atoms with Crippen LogP contribution in [0.15, 0.2) is 9.79 Å². The van der Waals surface area contributed by atoms with Gasteiger partial charge in [-0.15, -0.1) is 24.0 Å². The Morgan fingerprint density at radius 3 is 2.86 bits per heavy atom. The highest BCUT2D eigenvalue weighted by atomic mass is 127. The molecule has 1 atom stereocenters. The Labute approximate surface area is 188 Å². The number of carbonyl (C=O) groups is 1. The summed E-state index contributed by atoms with van der Waals surface area (Å²) < 4.78 is 8.56. The monoisotopic (exact) mass is 520 g/mol. The summed E-state index contributed by atoms with van der Waals surface area (Å²) in [6.45, 7) is 5.83. The summed E-state index contributed by atoms with van der Waals surface area (Å²) in [5.74, 6) is 1.50. The molecule has 1 aromatic heterocycles. The number of esters is 1. The lowest BCUT2D eigenvalue weighted by atomic mass is 9.98. The third-order valence-electron chi connectivity index (χ3n) is 5.41. The zero-order valence-electron chi connectivity index (χ0n) is 17.4. The van der Waals surface area contributed by atoms with Crippen molar-refractivity contribution in [3.8, 4) is 0 Å². The van der Waals surface area contributed by atoms with Crippen LogP contribution in [0.2, 0.25) is 0 Å². The van der Waals surface area contributed by atoms with Gasteiger partial charge in [-0.25, -0.2) is 9.48 Å². The first-order valence-corrected chi connectivity index (χ1v) is 10.4. The number of aliphatic imine (C=N–C) groups is 1. The second-order valence-electron chi connectivity index (χ2n) is 7.40. The molecule has 0 aromatic carbocycles. The zero-order valence-corrected chi connectivity index (χ0v) is 19.8. The van der Waals surface area contributed by atoms with Gasteiger partial charge in [0.15, 0.2) is 5.96 Å². The van der Waals surface area contributed by atoms with Crippen LogP contribution in [0.5, 0.6) is 0 Å². The Kier molecular flexibility index (Phi) is 9.44. The van der Waals surface area contributed by atoms with Crippen LogP contribution in [0.4, 0.5) is 0 Å². The molecule has 1 N–H and O–H groups in total. The molecule has 0 aliphatic carbocycles. The molecule has 0 radical (unpaired) electrons. The van der Waals surface area contributed by atoms with E-state index in [1.54, 1.807) is 16.3 Å². The van der Waals surface area contributed by atoms with E-state index in [0.29, 0.717) is 26.2 Å². The molecular formula is C19H33IN6O3. The van der Waals surface area contributed by atoms with Crippen LogP contribution in [0.3, 0.4) is 0 Å². The van der Waals surface area contributed by atoms with Gasteiger partial charge >= 0.3 is 11.7 Å². The molecule has 3 rings (SSSR count). The van der Waals surface area contributed by atoms with Crippen LogP contribution in [0.1, 0.15) is 44.9 Å². The fourth-order valence-corrected chi connectivity index (χ4v) is 3.98. The van der Waals surface area contributed by atoms with Gasteiger partial charge < -0.3 is 15.0 Å². The molecule has 0 bridgehead atoms. The predicted octanol–water partition coefficient (Wildman–Crippen LogP) is 1.24. The van der Waals surface area contributed by atoms with Crippen LogP contribution in [-0.2, 0) is 29.0 Å². The first-order chi connectivity index (χ1) is 13.6. The molecule has 29 heavy (non-hydrogen) atoms. The maximum atomic E-state index is 12.4. The predicted molar refractivity (Wildman–Crippen MR) is 122 cm³/mol. The van der Waals surface area contributed by atoms with Gasteiger partial charge in [0.05, 0.1) is 12.5 Å². The molecular weight excluding hydrogens is 487 g/mol. The largest absolute Gasteiger partial charge is 0.466 e. The van der Waals surface area contributed by atoms with Gasteiger partial charge in [0.2, 0.25) is 0 Å². The van der Waals surface area contributed by atoms with E-state index in [1.807, 2.05) is 6.92 Å². The van der Waals surface area contributed by atoms with E-state index in [-0.39, 0.29) is 41.6 Å². The highest BCUT2D eigenvalue weighted by molar-refractivity contribution is 14.0. The number of hydrogen-bond acceptors (Lipinski definition) is 5. The number of fused-ring (bicyclic) bond motifs is 1. The second-order valence-corrected chi connectivity index (χ2v) is 7.40. The van der Waals surface area contributed by atoms with Crippen molar-refractivity contribution in [3.05, 3.63) is 16.3 Å². The van der Waals surface area contributed by atoms with Crippen LogP contribution >= 0.6 is 24.0 Å². The van der Waals surface area contributed by atoms with Crippen molar-refractivity contribution in [3.63, 3.8) is 0 Å². The Morgan fingerprint density at radius 2 is 2.14 bits per heavy atom. The molecule has 9 nitrogen and oxygen atoms in total. The zero-order chi connectivity index (χ0) is 19.9. The van der Waals surface area contributed by atoms with E-state index < -0.39 is 0 Å². The highest BCUT2D eigenvalue weighted by Gasteiger charge is 2.28. The summed E-state index contributed by atoms with van der Waals surface area (Å²) >= 11 is 0. The standard InChI is InChI=1S/C19H32N6O3.HI/c1-3-28-17(26)15-8-6-11-23(14-15)18(20-2)21-10-7-13-25-19(27)24-12-5-4-9-16(24)22-25;/h15H,3-14H2,1-2H3,(H,20,21);1H. The smallest absolute Gasteiger partial charge is 0.345 e. The Morgan fingerprint density at radius 1 is 1.31 bits per heavy atom. The summed E-state index contributed by atoms with van der Waals surface area (Å²) in [6.07, 6.45) is 5.64. The minimum Gasteiger partial charge on any atom is -0.466 e. The number of halogens is 1. The number of carbonyl (C=O) groups excluding carboxylic acids is 1. The molecule has 164 valence electrons. The maximum Gasteiger partial charge on any atom is 0.345 e. The van der Waals surface area contributed by atoms with Gasteiger partial charge in [-0.2, -0.15) is 5.10 Å². The number of rotatable bonds is 6. The van der Waals surface area contributed by atoms with Crippen molar-refractivity contribution < 1.29 is 9.53 Å². The molecule has 2 aliphatic heterocycles. The third-order valence-corrected chi connectivity index (χ3v) is 5.41. The Balaban J connectivity index is 0.00000300. The van der Waals surface area contributed by atoms with Gasteiger partial charge in [-0.05, 0) is 39.0 Å². The summed E-state index contributed by atoms with van der Waals surface area (Å²) in [7, 11) is 1.75. The van der Waals surface area contributed by atoms with Gasteiger partial charge in [0.1, 0.15) is 5.82 Å². The lowest BCUT2D eigenvalue weighted by molar-refractivity contribution is -0.149. The second kappa shape index (κ2) is 11.6. The van der Waals surface area contributed by atoms with Crippen molar-refractivity contribution in [2.45, 2.75) is 58.5 Å². The fraction of sp³-hybridized carbons (Fsp3) is 0.789. The van der Waals surface area contributed by atoms with Gasteiger partial charge in [0, 0.05) is 46.2 Å². The van der Waals surface area contributed by atoms with Crippen molar-refractivity contribution in [2.24, 2.45) is 10.9 Å². The van der Waals surface area contributed by atoms with E-state index in [0.717, 1.165) is 63.4 Å². The SMILES string of the molecule is CCOC(=O)C1CCCN(C(=NC)NCCCn2nc3n(c2=O)CCCC3)C1.I. The van der Waals surface area contributed by atoms with Crippen molar-refractivity contribution in [1.29, 1.82) is 0 Å². The number of likely N-dealkylation sites (tertiary alicyclic amines) is 1. The van der Waals surface area contributed by atoms with E-state index in [2.05, 4.69) is 20.3 Å². The summed E-state index contributed by atoms with van der Waals surface area (Å²) in [4.78, 5) is 30.9. The minimum absolute atomic E-state index is 0. The molecule has 0 saturated carbocycles. The van der Waals surface area contributed by atoms with E-state index in [9.17, 15) is 9.59 Å². The first-order valence-electron chi connectivity index (χ1n) is 10.4. The molecule has 1 fully saturated rings. The molecule has 1 unspecified atom stereocenters. The van der Waals surface area contributed by atoms with E-state index in [1.165, 1.54) is 0 Å². The van der Waals surface area contributed by atoms with Crippen LogP contribution < -0.4 is 11.0 Å². The average molecular weight is 520 g/mol. The molecule has 1 aromatic rings. The molecule has 10 heteroatoms. The van der Waals surface area contributed by atoms with Gasteiger partial charge in [0.25, 0.3) is 0 Å². The van der Waals surface area contributed by atoms with E-state index >= 15 is 0 Å². The Hall–Kier alpha value is -1.59. The van der Waals surface area contributed by atoms with Gasteiger partial charge in [-0.3, -0.25) is 14.4 Å². The molecule has 0 amide bonds. The number of hydrogen-bond donors (Lipinski definition) is 1. The fourth-order valence-electron chi connectivity index (χ4n) is 3.98. The van der Waals surface area contributed by atoms with Gasteiger partial charge in [-0.1, -0.05) is 0 Å². The number of aryl methyl sites for hydroxylation is 2. The average Bonchev–Trinajstić information content (AvgIpc) is 3.04. The number of aromatic nitrogens is 3. The number of piperidine rings is 1. The lowest BCUT2D eigenvalue weighted by Gasteiger charge is -2.33. The molecule has 2 aliphatic rings. The maximum absolute atomic E-state index is 12.4. The van der Waals surface area contributed by atoms with Crippen LogP contribution in [-0.4, -0.2) is 64.5 Å². The summed E-state index contributed by atoms with van der Waals surface area (Å²) in [5.41, 5.74) is 0.00684. The Bertz CT molecular complexity index is 760. The first kappa shape index (κ1) is 23.7. The number of guanidine groups is 1. The number of nitrogens with zero attached hydrogens (tertiary/aromatic N) is 5. The normalized spacial score (nSPS) is 19.3.